The quantitative estimate of drug-likeness (QED) is 0.734. The molecule has 7 nitrogen and oxygen atoms in total. The maximum absolute atomic E-state index is 12.1. The van der Waals surface area contributed by atoms with Crippen molar-refractivity contribution in [1.29, 1.82) is 0 Å². The summed E-state index contributed by atoms with van der Waals surface area (Å²) in [5.74, 6) is -0.186. The molecule has 0 aliphatic carbocycles. The Morgan fingerprint density at radius 3 is 3.11 bits per heavy atom. The van der Waals surface area contributed by atoms with Gasteiger partial charge in [0.15, 0.2) is 0 Å². The predicted octanol–water partition coefficient (Wildman–Crippen LogP) is 1.18. The van der Waals surface area contributed by atoms with Crippen molar-refractivity contribution in [3.63, 3.8) is 0 Å². The number of hydrogen-bond donors (Lipinski definition) is 2. The highest BCUT2D eigenvalue weighted by atomic mass is 16.6. The van der Waals surface area contributed by atoms with Gasteiger partial charge in [0.1, 0.15) is 11.4 Å². The third-order valence-corrected chi connectivity index (χ3v) is 2.89. The Hall–Kier alpha value is -2.70. The van der Waals surface area contributed by atoms with E-state index in [1.165, 1.54) is 0 Å². The van der Waals surface area contributed by atoms with Crippen molar-refractivity contribution in [1.82, 2.24) is 25.8 Å². The molecule has 0 aliphatic heterocycles. The van der Waals surface area contributed by atoms with Crippen LogP contribution in [-0.4, -0.2) is 26.4 Å². The number of fused-ring (bicyclic) bond motifs is 1. The number of carbonyl (C=O) groups excluding carboxylic acids is 1. The molecule has 0 fully saturated rings. The summed E-state index contributed by atoms with van der Waals surface area (Å²) in [6.07, 6.45) is 1.63. The molecular weight excluding hydrogens is 246 g/mol. The lowest BCUT2D eigenvalue weighted by molar-refractivity contribution is 0.0951. The highest BCUT2D eigenvalue weighted by molar-refractivity contribution is 6.05. The van der Waals surface area contributed by atoms with Crippen molar-refractivity contribution >= 4 is 16.8 Å². The van der Waals surface area contributed by atoms with Crippen molar-refractivity contribution in [2.75, 3.05) is 0 Å². The summed E-state index contributed by atoms with van der Waals surface area (Å²) in [5, 5.41) is 17.7. The van der Waals surface area contributed by atoms with Gasteiger partial charge in [0.2, 0.25) is 0 Å². The standard InChI is InChI=1S/C12H11N5O2/c1-7-11(17-19-16-7)6-13-12(18)8-3-2-4-10-9(8)5-14-15-10/h2-5H,6H2,1H3,(H,13,18)(H,14,15). The summed E-state index contributed by atoms with van der Waals surface area (Å²) in [5.41, 5.74) is 2.68. The third kappa shape index (κ3) is 2.05. The Morgan fingerprint density at radius 1 is 1.42 bits per heavy atom. The van der Waals surface area contributed by atoms with Gasteiger partial charge in [-0.3, -0.25) is 9.89 Å². The molecule has 3 aromatic rings. The van der Waals surface area contributed by atoms with Gasteiger partial charge in [-0.25, -0.2) is 4.63 Å². The minimum atomic E-state index is -0.186. The van der Waals surface area contributed by atoms with Crippen molar-refractivity contribution in [2.24, 2.45) is 0 Å². The van der Waals surface area contributed by atoms with Crippen LogP contribution >= 0.6 is 0 Å². The largest absolute Gasteiger partial charge is 0.346 e. The van der Waals surface area contributed by atoms with E-state index in [1.54, 1.807) is 25.3 Å². The zero-order chi connectivity index (χ0) is 13.2. The fourth-order valence-corrected chi connectivity index (χ4v) is 1.84. The maximum Gasteiger partial charge on any atom is 0.252 e. The van der Waals surface area contributed by atoms with Crippen molar-refractivity contribution in [3.8, 4) is 0 Å². The molecule has 0 atom stereocenters. The number of amides is 1. The minimum absolute atomic E-state index is 0.186. The number of nitrogens with zero attached hydrogens (tertiary/aromatic N) is 3. The van der Waals surface area contributed by atoms with Crippen LogP contribution in [0.15, 0.2) is 29.0 Å². The fourth-order valence-electron chi connectivity index (χ4n) is 1.84. The number of aromatic nitrogens is 4. The number of rotatable bonds is 3. The molecule has 3 rings (SSSR count). The van der Waals surface area contributed by atoms with Crippen LogP contribution in [0.3, 0.4) is 0 Å². The zero-order valence-electron chi connectivity index (χ0n) is 10.2. The van der Waals surface area contributed by atoms with Crippen LogP contribution in [0.5, 0.6) is 0 Å². The molecule has 2 N–H and O–H groups in total. The van der Waals surface area contributed by atoms with Crippen LogP contribution in [0, 0.1) is 6.92 Å². The van der Waals surface area contributed by atoms with E-state index in [2.05, 4.69) is 30.5 Å². The number of hydrogen-bond acceptors (Lipinski definition) is 5. The van der Waals surface area contributed by atoms with Gasteiger partial charge in [0.05, 0.1) is 23.8 Å². The van der Waals surface area contributed by atoms with Gasteiger partial charge in [-0.1, -0.05) is 16.4 Å². The second kappa shape index (κ2) is 4.52. The highest BCUT2D eigenvalue weighted by Crippen LogP contribution is 2.15. The average molecular weight is 257 g/mol. The van der Waals surface area contributed by atoms with Crippen LogP contribution in [-0.2, 0) is 6.54 Å². The number of carbonyl (C=O) groups is 1. The van der Waals surface area contributed by atoms with E-state index in [1.807, 2.05) is 6.07 Å². The molecule has 1 amide bonds. The lowest BCUT2D eigenvalue weighted by Crippen LogP contribution is -2.23. The Balaban J connectivity index is 1.81. The molecule has 2 aromatic heterocycles. The van der Waals surface area contributed by atoms with E-state index >= 15 is 0 Å². The van der Waals surface area contributed by atoms with Crippen LogP contribution in [0.1, 0.15) is 21.7 Å². The summed E-state index contributed by atoms with van der Waals surface area (Å²) in [4.78, 5) is 12.1. The first kappa shape index (κ1) is 11.4. The second-order valence-corrected chi connectivity index (χ2v) is 4.12. The highest BCUT2D eigenvalue weighted by Gasteiger charge is 2.12. The van der Waals surface area contributed by atoms with Gasteiger partial charge in [0.25, 0.3) is 5.91 Å². The Bertz CT molecular complexity index is 730. The van der Waals surface area contributed by atoms with E-state index in [-0.39, 0.29) is 12.5 Å². The van der Waals surface area contributed by atoms with Crippen LogP contribution in [0.2, 0.25) is 0 Å². The van der Waals surface area contributed by atoms with Gasteiger partial charge < -0.3 is 5.32 Å². The van der Waals surface area contributed by atoms with Crippen LogP contribution in [0.25, 0.3) is 10.9 Å². The maximum atomic E-state index is 12.1. The molecule has 0 spiro atoms. The second-order valence-electron chi connectivity index (χ2n) is 4.12. The number of H-pyrrole nitrogens is 1. The lowest BCUT2D eigenvalue weighted by atomic mass is 10.1. The van der Waals surface area contributed by atoms with Gasteiger partial charge in [-0.2, -0.15) is 5.10 Å². The smallest absolute Gasteiger partial charge is 0.252 e. The molecule has 0 saturated heterocycles. The van der Waals surface area contributed by atoms with Gasteiger partial charge in [0, 0.05) is 5.39 Å². The van der Waals surface area contributed by atoms with Gasteiger partial charge in [-0.15, -0.1) is 0 Å². The van der Waals surface area contributed by atoms with Crippen molar-refractivity contribution < 1.29 is 9.42 Å². The van der Waals surface area contributed by atoms with Gasteiger partial charge in [-0.05, 0) is 19.1 Å². The molecule has 96 valence electrons. The number of nitrogens with one attached hydrogen (secondary N) is 2. The summed E-state index contributed by atoms with van der Waals surface area (Å²) < 4.78 is 4.57. The van der Waals surface area contributed by atoms with E-state index in [0.717, 1.165) is 10.9 Å². The monoisotopic (exact) mass is 257 g/mol. The summed E-state index contributed by atoms with van der Waals surface area (Å²) >= 11 is 0. The van der Waals surface area contributed by atoms with Gasteiger partial charge >= 0.3 is 0 Å². The van der Waals surface area contributed by atoms with E-state index in [9.17, 15) is 4.79 Å². The van der Waals surface area contributed by atoms with E-state index in [4.69, 9.17) is 0 Å². The fraction of sp³-hybridized carbons (Fsp3) is 0.167. The molecule has 0 saturated carbocycles. The molecule has 19 heavy (non-hydrogen) atoms. The molecule has 2 heterocycles. The first-order chi connectivity index (χ1) is 9.25. The SMILES string of the molecule is Cc1nonc1CNC(=O)c1cccc2[nH]ncc12. The lowest BCUT2D eigenvalue weighted by Gasteiger charge is -2.04. The van der Waals surface area contributed by atoms with Crippen LogP contribution < -0.4 is 5.32 Å². The molecule has 0 aliphatic rings. The molecular formula is C12H11N5O2. The molecule has 0 radical (unpaired) electrons. The molecule has 0 unspecified atom stereocenters. The van der Waals surface area contributed by atoms with Crippen LogP contribution in [0.4, 0.5) is 0 Å². The van der Waals surface area contributed by atoms with Crippen molar-refractivity contribution in [3.05, 3.63) is 41.3 Å². The van der Waals surface area contributed by atoms with Crippen molar-refractivity contribution in [2.45, 2.75) is 13.5 Å². The molecule has 0 bridgehead atoms. The number of aromatic amines is 1. The van der Waals surface area contributed by atoms with E-state index in [0.29, 0.717) is 17.0 Å². The third-order valence-electron chi connectivity index (χ3n) is 2.89. The minimum Gasteiger partial charge on any atom is -0.346 e. The van der Waals surface area contributed by atoms with E-state index < -0.39 is 0 Å². The number of aryl methyl sites for hydroxylation is 1. The topological polar surface area (TPSA) is 96.7 Å². The Morgan fingerprint density at radius 2 is 2.32 bits per heavy atom. The average Bonchev–Trinajstić information content (AvgIpc) is 3.04. The number of benzene rings is 1. The summed E-state index contributed by atoms with van der Waals surface area (Å²) in [7, 11) is 0. The normalized spacial score (nSPS) is 10.8. The first-order valence-corrected chi connectivity index (χ1v) is 5.74. The summed E-state index contributed by atoms with van der Waals surface area (Å²) in [6.45, 7) is 2.05. The predicted molar refractivity (Wildman–Crippen MR) is 66.3 cm³/mol. The zero-order valence-corrected chi connectivity index (χ0v) is 10.2. The molecule has 7 heteroatoms. The molecule has 1 aromatic carbocycles. The summed E-state index contributed by atoms with van der Waals surface area (Å²) in [6, 6.07) is 5.42. The first-order valence-electron chi connectivity index (χ1n) is 5.74. The Labute approximate surface area is 108 Å². The Kier molecular flexibility index (Phi) is 2.71.